The van der Waals surface area contributed by atoms with Crippen molar-refractivity contribution < 1.29 is 9.21 Å². The number of rotatable bonds is 4. The van der Waals surface area contributed by atoms with E-state index in [0.717, 1.165) is 34.7 Å². The van der Waals surface area contributed by atoms with E-state index in [4.69, 9.17) is 4.42 Å². The van der Waals surface area contributed by atoms with Crippen molar-refractivity contribution in [3.05, 3.63) is 71.3 Å². The van der Waals surface area contributed by atoms with Gasteiger partial charge >= 0.3 is 0 Å². The molecule has 0 unspecified atom stereocenters. The third-order valence-corrected chi connectivity index (χ3v) is 3.93. The monoisotopic (exact) mass is 320 g/mol. The molecule has 0 spiro atoms. The standard InChI is InChI=1S/C20H20N2O2/c1-4-18-19(21-14(3)24-18)15-9-11-16(12-10-15)22-20(23)17-8-6-5-7-13(17)2/h5-12H,4H2,1-3H3,(H,22,23). The molecular formula is C20H20N2O2. The first-order valence-corrected chi connectivity index (χ1v) is 8.02. The highest BCUT2D eigenvalue weighted by atomic mass is 16.4. The highest BCUT2D eigenvalue weighted by Crippen LogP contribution is 2.26. The number of hydrogen-bond donors (Lipinski definition) is 1. The Morgan fingerprint density at radius 3 is 2.46 bits per heavy atom. The molecule has 0 atom stereocenters. The number of nitrogens with one attached hydrogen (secondary N) is 1. The van der Waals surface area contributed by atoms with E-state index in [-0.39, 0.29) is 5.91 Å². The molecule has 0 radical (unpaired) electrons. The number of amides is 1. The topological polar surface area (TPSA) is 55.1 Å². The molecule has 3 rings (SSSR count). The zero-order valence-electron chi connectivity index (χ0n) is 14.1. The summed E-state index contributed by atoms with van der Waals surface area (Å²) in [5.74, 6) is 1.44. The van der Waals surface area contributed by atoms with Gasteiger partial charge in [-0.15, -0.1) is 0 Å². The van der Waals surface area contributed by atoms with Crippen molar-refractivity contribution in [2.24, 2.45) is 0 Å². The van der Waals surface area contributed by atoms with Gasteiger partial charge in [0.1, 0.15) is 11.5 Å². The van der Waals surface area contributed by atoms with Crippen LogP contribution in [0.4, 0.5) is 5.69 Å². The minimum atomic E-state index is -0.104. The Morgan fingerprint density at radius 2 is 1.79 bits per heavy atom. The van der Waals surface area contributed by atoms with Gasteiger partial charge in [0.05, 0.1) is 0 Å². The van der Waals surface area contributed by atoms with Gasteiger partial charge in [0, 0.05) is 30.2 Å². The van der Waals surface area contributed by atoms with E-state index in [1.54, 1.807) is 0 Å². The predicted molar refractivity (Wildman–Crippen MR) is 95.2 cm³/mol. The van der Waals surface area contributed by atoms with Gasteiger partial charge in [-0.1, -0.05) is 37.3 Å². The summed E-state index contributed by atoms with van der Waals surface area (Å²) in [5.41, 5.74) is 4.24. The first kappa shape index (κ1) is 16.0. The molecule has 1 N–H and O–H groups in total. The number of nitrogens with zero attached hydrogens (tertiary/aromatic N) is 1. The third kappa shape index (κ3) is 3.23. The van der Waals surface area contributed by atoms with Crippen molar-refractivity contribution >= 4 is 11.6 Å². The van der Waals surface area contributed by atoms with E-state index in [1.807, 2.05) is 69.3 Å². The molecule has 2 aromatic carbocycles. The van der Waals surface area contributed by atoms with Crippen LogP contribution in [0.3, 0.4) is 0 Å². The fourth-order valence-electron chi connectivity index (χ4n) is 2.67. The Morgan fingerprint density at radius 1 is 1.08 bits per heavy atom. The van der Waals surface area contributed by atoms with Gasteiger partial charge in [-0.25, -0.2) is 4.98 Å². The quantitative estimate of drug-likeness (QED) is 0.753. The van der Waals surface area contributed by atoms with Crippen molar-refractivity contribution in [2.75, 3.05) is 5.32 Å². The summed E-state index contributed by atoms with van der Waals surface area (Å²) < 4.78 is 5.60. The first-order chi connectivity index (χ1) is 11.6. The number of oxazole rings is 1. The second-order valence-corrected chi connectivity index (χ2v) is 5.70. The predicted octanol–water partition coefficient (Wildman–Crippen LogP) is 4.77. The van der Waals surface area contributed by atoms with Crippen molar-refractivity contribution in [3.63, 3.8) is 0 Å². The molecule has 3 aromatic rings. The Labute approximate surface area is 141 Å². The van der Waals surface area contributed by atoms with Crippen LogP contribution in [0.15, 0.2) is 52.9 Å². The first-order valence-electron chi connectivity index (χ1n) is 8.02. The van der Waals surface area contributed by atoms with Gasteiger partial charge in [-0.05, 0) is 30.7 Å². The van der Waals surface area contributed by atoms with E-state index in [2.05, 4.69) is 10.3 Å². The van der Waals surface area contributed by atoms with Gasteiger partial charge < -0.3 is 9.73 Å². The molecule has 1 heterocycles. The molecule has 0 aliphatic carbocycles. The Hall–Kier alpha value is -2.88. The molecule has 0 saturated carbocycles. The second-order valence-electron chi connectivity index (χ2n) is 5.70. The summed E-state index contributed by atoms with van der Waals surface area (Å²) in [7, 11) is 0. The maximum absolute atomic E-state index is 12.4. The molecule has 0 aliphatic heterocycles. The van der Waals surface area contributed by atoms with Crippen LogP contribution >= 0.6 is 0 Å². The normalized spacial score (nSPS) is 10.6. The summed E-state index contributed by atoms with van der Waals surface area (Å²) in [6.07, 6.45) is 0.794. The molecule has 1 amide bonds. The van der Waals surface area contributed by atoms with Crippen LogP contribution in [0.1, 0.15) is 34.5 Å². The van der Waals surface area contributed by atoms with Gasteiger partial charge in [0.25, 0.3) is 5.91 Å². The van der Waals surface area contributed by atoms with Crippen LogP contribution in [0.25, 0.3) is 11.3 Å². The highest BCUT2D eigenvalue weighted by molar-refractivity contribution is 6.05. The molecule has 0 saturated heterocycles. The van der Waals surface area contributed by atoms with Crippen LogP contribution < -0.4 is 5.32 Å². The van der Waals surface area contributed by atoms with E-state index in [1.165, 1.54) is 0 Å². The second kappa shape index (κ2) is 6.71. The van der Waals surface area contributed by atoms with E-state index >= 15 is 0 Å². The highest BCUT2D eigenvalue weighted by Gasteiger charge is 2.12. The number of aromatic nitrogens is 1. The molecule has 4 heteroatoms. The van der Waals surface area contributed by atoms with Crippen LogP contribution in [0.5, 0.6) is 0 Å². The summed E-state index contributed by atoms with van der Waals surface area (Å²) in [5, 5.41) is 2.93. The maximum atomic E-state index is 12.4. The zero-order valence-corrected chi connectivity index (χ0v) is 14.1. The average Bonchev–Trinajstić information content (AvgIpc) is 2.97. The molecule has 24 heavy (non-hydrogen) atoms. The Bertz CT molecular complexity index is 864. The number of carbonyl (C=O) groups is 1. The van der Waals surface area contributed by atoms with Gasteiger partial charge in [0.2, 0.25) is 0 Å². The number of carbonyl (C=O) groups excluding carboxylic acids is 1. The minimum Gasteiger partial charge on any atom is -0.445 e. The van der Waals surface area contributed by atoms with Crippen LogP contribution in [0, 0.1) is 13.8 Å². The van der Waals surface area contributed by atoms with Crippen molar-refractivity contribution in [2.45, 2.75) is 27.2 Å². The third-order valence-electron chi connectivity index (χ3n) is 3.93. The minimum absolute atomic E-state index is 0.104. The molecule has 0 bridgehead atoms. The van der Waals surface area contributed by atoms with E-state index in [0.29, 0.717) is 11.5 Å². The molecular weight excluding hydrogens is 300 g/mol. The number of hydrogen-bond acceptors (Lipinski definition) is 3. The van der Waals surface area contributed by atoms with Crippen molar-refractivity contribution in [1.29, 1.82) is 0 Å². The number of benzene rings is 2. The lowest BCUT2D eigenvalue weighted by Gasteiger charge is -2.08. The van der Waals surface area contributed by atoms with Gasteiger partial charge in [-0.2, -0.15) is 0 Å². The van der Waals surface area contributed by atoms with Crippen molar-refractivity contribution in [1.82, 2.24) is 4.98 Å². The summed E-state index contributed by atoms with van der Waals surface area (Å²) in [6, 6.07) is 15.2. The van der Waals surface area contributed by atoms with Crippen LogP contribution in [-0.2, 0) is 6.42 Å². The lowest BCUT2D eigenvalue weighted by atomic mass is 10.1. The fraction of sp³-hybridized carbons (Fsp3) is 0.200. The molecule has 0 fully saturated rings. The zero-order chi connectivity index (χ0) is 17.1. The molecule has 122 valence electrons. The lowest BCUT2D eigenvalue weighted by Crippen LogP contribution is -2.13. The summed E-state index contributed by atoms with van der Waals surface area (Å²) >= 11 is 0. The van der Waals surface area contributed by atoms with Gasteiger partial charge in [-0.3, -0.25) is 4.79 Å². The average molecular weight is 320 g/mol. The van der Waals surface area contributed by atoms with E-state index < -0.39 is 0 Å². The van der Waals surface area contributed by atoms with Crippen LogP contribution in [0.2, 0.25) is 0 Å². The maximum Gasteiger partial charge on any atom is 0.255 e. The Kier molecular flexibility index (Phi) is 4.47. The number of aryl methyl sites for hydroxylation is 3. The molecule has 0 aliphatic rings. The lowest BCUT2D eigenvalue weighted by molar-refractivity contribution is 0.102. The molecule has 4 nitrogen and oxygen atoms in total. The largest absolute Gasteiger partial charge is 0.445 e. The summed E-state index contributed by atoms with van der Waals surface area (Å²) in [4.78, 5) is 16.8. The fourth-order valence-corrected chi connectivity index (χ4v) is 2.67. The number of anilines is 1. The Balaban J connectivity index is 1.80. The summed E-state index contributed by atoms with van der Waals surface area (Å²) in [6.45, 7) is 5.82. The SMILES string of the molecule is CCc1oc(C)nc1-c1ccc(NC(=O)c2ccccc2C)cc1. The van der Waals surface area contributed by atoms with Crippen molar-refractivity contribution in [3.8, 4) is 11.3 Å². The van der Waals surface area contributed by atoms with Crippen LogP contribution in [-0.4, -0.2) is 10.9 Å². The molecule has 1 aromatic heterocycles. The smallest absolute Gasteiger partial charge is 0.255 e. The van der Waals surface area contributed by atoms with E-state index in [9.17, 15) is 4.79 Å². The van der Waals surface area contributed by atoms with Gasteiger partial charge in [0.15, 0.2) is 5.89 Å².